The van der Waals surface area contributed by atoms with Crippen molar-refractivity contribution in [3.8, 4) is 0 Å². The average molecular weight is 260 g/mol. The van der Waals surface area contributed by atoms with Crippen LogP contribution in [-0.4, -0.2) is 35.5 Å². The Balaban J connectivity index is 1.81. The Bertz CT molecular complexity index is 476. The summed E-state index contributed by atoms with van der Waals surface area (Å²) in [6.07, 6.45) is 5.81. The van der Waals surface area contributed by atoms with Crippen molar-refractivity contribution in [1.82, 2.24) is 9.97 Å². The molecule has 0 radical (unpaired) electrons. The number of aromatic nitrogens is 2. The molecule has 0 aliphatic carbocycles. The number of amides is 1. The van der Waals surface area contributed by atoms with E-state index in [-0.39, 0.29) is 5.91 Å². The van der Waals surface area contributed by atoms with Crippen LogP contribution in [0.15, 0.2) is 12.3 Å². The summed E-state index contributed by atoms with van der Waals surface area (Å²) in [4.78, 5) is 24.7. The maximum Gasteiger partial charge on any atom is 0.228 e. The van der Waals surface area contributed by atoms with Crippen molar-refractivity contribution in [3.63, 3.8) is 0 Å². The first kappa shape index (κ1) is 12.4. The van der Waals surface area contributed by atoms with Crippen LogP contribution in [0.25, 0.3) is 0 Å². The Kier molecular flexibility index (Phi) is 3.36. The SMILES string of the molecule is CC1CCCN(c2nccc(N3CCCC3=O)n2)C1. The fourth-order valence-corrected chi connectivity index (χ4v) is 2.90. The molecule has 102 valence electrons. The van der Waals surface area contributed by atoms with E-state index in [1.54, 1.807) is 11.1 Å². The number of anilines is 2. The van der Waals surface area contributed by atoms with Gasteiger partial charge in [0.15, 0.2) is 0 Å². The monoisotopic (exact) mass is 260 g/mol. The quantitative estimate of drug-likeness (QED) is 0.814. The van der Waals surface area contributed by atoms with E-state index in [0.29, 0.717) is 12.3 Å². The number of carbonyl (C=O) groups is 1. The molecule has 2 aliphatic rings. The molecule has 1 aromatic heterocycles. The highest BCUT2D eigenvalue weighted by Gasteiger charge is 2.24. The summed E-state index contributed by atoms with van der Waals surface area (Å²) < 4.78 is 0. The van der Waals surface area contributed by atoms with Gasteiger partial charge in [0, 0.05) is 32.3 Å². The Morgan fingerprint density at radius 2 is 2.21 bits per heavy atom. The molecule has 0 bridgehead atoms. The molecule has 0 aromatic carbocycles. The summed E-state index contributed by atoms with van der Waals surface area (Å²) >= 11 is 0. The van der Waals surface area contributed by atoms with Crippen LogP contribution in [0.1, 0.15) is 32.6 Å². The van der Waals surface area contributed by atoms with Crippen LogP contribution < -0.4 is 9.80 Å². The smallest absolute Gasteiger partial charge is 0.228 e. The molecule has 1 aromatic rings. The standard InChI is InChI=1S/C14H20N4O/c1-11-4-2-8-17(10-11)14-15-7-6-12(16-14)18-9-3-5-13(18)19/h6-7,11H,2-5,8-10H2,1H3. The lowest BCUT2D eigenvalue weighted by Crippen LogP contribution is -2.36. The van der Waals surface area contributed by atoms with E-state index in [1.165, 1.54) is 12.8 Å². The number of hydrogen-bond donors (Lipinski definition) is 0. The van der Waals surface area contributed by atoms with Gasteiger partial charge in [-0.05, 0) is 31.2 Å². The van der Waals surface area contributed by atoms with Crippen molar-refractivity contribution in [2.45, 2.75) is 32.6 Å². The Labute approximate surface area is 113 Å². The second-order valence-corrected chi connectivity index (χ2v) is 5.56. The molecular formula is C14H20N4O. The van der Waals surface area contributed by atoms with E-state index in [1.807, 2.05) is 6.07 Å². The molecule has 0 spiro atoms. The number of piperidine rings is 1. The van der Waals surface area contributed by atoms with Gasteiger partial charge in [-0.2, -0.15) is 4.98 Å². The van der Waals surface area contributed by atoms with Gasteiger partial charge in [0.2, 0.25) is 11.9 Å². The minimum atomic E-state index is 0.177. The summed E-state index contributed by atoms with van der Waals surface area (Å²) in [5, 5.41) is 0. The third-order valence-electron chi connectivity index (χ3n) is 3.92. The zero-order valence-electron chi connectivity index (χ0n) is 11.4. The van der Waals surface area contributed by atoms with Crippen LogP contribution in [0.2, 0.25) is 0 Å². The molecule has 5 nitrogen and oxygen atoms in total. The minimum absolute atomic E-state index is 0.177. The molecule has 2 saturated heterocycles. The molecule has 19 heavy (non-hydrogen) atoms. The maximum atomic E-state index is 11.8. The van der Waals surface area contributed by atoms with Gasteiger partial charge in [0.25, 0.3) is 0 Å². The molecule has 3 rings (SSSR count). The highest BCUT2D eigenvalue weighted by Crippen LogP contribution is 2.23. The van der Waals surface area contributed by atoms with Crippen molar-refractivity contribution in [3.05, 3.63) is 12.3 Å². The fourth-order valence-electron chi connectivity index (χ4n) is 2.90. The Morgan fingerprint density at radius 1 is 1.32 bits per heavy atom. The molecule has 2 aliphatic heterocycles. The van der Waals surface area contributed by atoms with Gasteiger partial charge in [0.1, 0.15) is 5.82 Å². The fraction of sp³-hybridized carbons (Fsp3) is 0.643. The van der Waals surface area contributed by atoms with E-state index < -0.39 is 0 Å². The molecule has 0 saturated carbocycles. The minimum Gasteiger partial charge on any atom is -0.341 e. The van der Waals surface area contributed by atoms with E-state index in [9.17, 15) is 4.79 Å². The molecular weight excluding hydrogens is 240 g/mol. The van der Waals surface area contributed by atoms with E-state index in [2.05, 4.69) is 21.8 Å². The van der Waals surface area contributed by atoms with Crippen LogP contribution in [0.3, 0.4) is 0 Å². The number of rotatable bonds is 2. The second-order valence-electron chi connectivity index (χ2n) is 5.56. The summed E-state index contributed by atoms with van der Waals surface area (Å²) in [5.74, 6) is 2.39. The summed E-state index contributed by atoms with van der Waals surface area (Å²) in [6.45, 7) is 5.07. The zero-order valence-corrected chi connectivity index (χ0v) is 11.4. The summed E-state index contributed by atoms with van der Waals surface area (Å²) in [5.41, 5.74) is 0. The lowest BCUT2D eigenvalue weighted by molar-refractivity contribution is -0.117. The summed E-state index contributed by atoms with van der Waals surface area (Å²) in [7, 11) is 0. The van der Waals surface area contributed by atoms with E-state index in [0.717, 1.165) is 37.8 Å². The van der Waals surface area contributed by atoms with Crippen LogP contribution in [0, 0.1) is 5.92 Å². The topological polar surface area (TPSA) is 49.3 Å². The lowest BCUT2D eigenvalue weighted by atomic mass is 10.0. The van der Waals surface area contributed by atoms with Crippen molar-refractivity contribution in [2.75, 3.05) is 29.4 Å². The van der Waals surface area contributed by atoms with E-state index >= 15 is 0 Å². The molecule has 3 heterocycles. The normalized spacial score (nSPS) is 24.1. The molecule has 5 heteroatoms. The highest BCUT2D eigenvalue weighted by molar-refractivity contribution is 5.94. The zero-order chi connectivity index (χ0) is 13.2. The van der Waals surface area contributed by atoms with Gasteiger partial charge in [-0.3, -0.25) is 9.69 Å². The predicted octanol–water partition coefficient (Wildman–Crippen LogP) is 1.84. The average Bonchev–Trinajstić information content (AvgIpc) is 2.85. The first-order valence-electron chi connectivity index (χ1n) is 7.12. The molecule has 2 fully saturated rings. The number of carbonyl (C=O) groups excluding carboxylic acids is 1. The third kappa shape index (κ3) is 2.55. The summed E-state index contributed by atoms with van der Waals surface area (Å²) in [6, 6.07) is 1.83. The van der Waals surface area contributed by atoms with Gasteiger partial charge in [-0.15, -0.1) is 0 Å². The van der Waals surface area contributed by atoms with Crippen molar-refractivity contribution in [1.29, 1.82) is 0 Å². The molecule has 1 unspecified atom stereocenters. The first-order chi connectivity index (χ1) is 9.24. The Hall–Kier alpha value is -1.65. The van der Waals surface area contributed by atoms with Gasteiger partial charge >= 0.3 is 0 Å². The third-order valence-corrected chi connectivity index (χ3v) is 3.92. The van der Waals surface area contributed by atoms with Gasteiger partial charge < -0.3 is 4.90 Å². The van der Waals surface area contributed by atoms with Gasteiger partial charge in [0.05, 0.1) is 0 Å². The van der Waals surface area contributed by atoms with Gasteiger partial charge in [-0.25, -0.2) is 4.98 Å². The van der Waals surface area contributed by atoms with E-state index in [4.69, 9.17) is 0 Å². The largest absolute Gasteiger partial charge is 0.341 e. The van der Waals surface area contributed by atoms with Crippen molar-refractivity contribution < 1.29 is 4.79 Å². The first-order valence-corrected chi connectivity index (χ1v) is 7.12. The molecule has 1 atom stereocenters. The number of nitrogens with zero attached hydrogens (tertiary/aromatic N) is 4. The Morgan fingerprint density at radius 3 is 2.95 bits per heavy atom. The van der Waals surface area contributed by atoms with Crippen LogP contribution >= 0.6 is 0 Å². The van der Waals surface area contributed by atoms with Gasteiger partial charge in [-0.1, -0.05) is 6.92 Å². The lowest BCUT2D eigenvalue weighted by Gasteiger charge is -2.31. The van der Waals surface area contributed by atoms with Crippen LogP contribution in [0.4, 0.5) is 11.8 Å². The molecule has 0 N–H and O–H groups in total. The molecule has 1 amide bonds. The highest BCUT2D eigenvalue weighted by atomic mass is 16.2. The maximum absolute atomic E-state index is 11.8. The van der Waals surface area contributed by atoms with Crippen LogP contribution in [0.5, 0.6) is 0 Å². The van der Waals surface area contributed by atoms with Crippen molar-refractivity contribution in [2.24, 2.45) is 5.92 Å². The van der Waals surface area contributed by atoms with Crippen LogP contribution in [-0.2, 0) is 4.79 Å². The van der Waals surface area contributed by atoms with Crippen molar-refractivity contribution >= 4 is 17.7 Å². The predicted molar refractivity (Wildman–Crippen MR) is 74.2 cm³/mol. The second kappa shape index (κ2) is 5.15. The number of hydrogen-bond acceptors (Lipinski definition) is 4.